The zero-order valence-electron chi connectivity index (χ0n) is 13.7. The van der Waals surface area contributed by atoms with E-state index in [1.54, 1.807) is 0 Å². The van der Waals surface area contributed by atoms with Gasteiger partial charge in [0.2, 0.25) is 5.75 Å². The van der Waals surface area contributed by atoms with Gasteiger partial charge in [-0.15, -0.1) is 0 Å². The van der Waals surface area contributed by atoms with E-state index in [0.29, 0.717) is 6.54 Å². The van der Waals surface area contributed by atoms with Crippen LogP contribution in [0.2, 0.25) is 0 Å². The summed E-state index contributed by atoms with van der Waals surface area (Å²) >= 11 is 0. The summed E-state index contributed by atoms with van der Waals surface area (Å²) in [5, 5.41) is 30.9. The van der Waals surface area contributed by atoms with Crippen molar-refractivity contribution in [3.05, 3.63) is 38.7 Å². The molecule has 7 nitrogen and oxygen atoms in total. The predicted octanol–water partition coefficient (Wildman–Crippen LogP) is 3.68. The number of non-ortho nitro benzene ring substituents is 1. The number of hydrogen-bond acceptors (Lipinski definition) is 5. The fraction of sp³-hybridized carbons (Fsp3) is 0.471. The van der Waals surface area contributed by atoms with Gasteiger partial charge >= 0.3 is 0 Å². The van der Waals surface area contributed by atoms with Crippen molar-refractivity contribution in [2.24, 2.45) is 0 Å². The highest BCUT2D eigenvalue weighted by Crippen LogP contribution is 2.32. The predicted molar refractivity (Wildman–Crippen MR) is 91.6 cm³/mol. The van der Waals surface area contributed by atoms with E-state index in [-0.39, 0.29) is 16.6 Å². The smallest absolute Gasteiger partial charge is 0.297 e. The summed E-state index contributed by atoms with van der Waals surface area (Å²) < 4.78 is 1.30. The summed E-state index contributed by atoms with van der Waals surface area (Å²) in [6.07, 6.45) is 6.19. The first kappa shape index (κ1) is 17.8. The van der Waals surface area contributed by atoms with E-state index >= 15 is 0 Å². The molecule has 1 aromatic heterocycles. The number of pyridine rings is 1. The maximum atomic E-state index is 12.2. The lowest BCUT2D eigenvalue weighted by Crippen LogP contribution is -2.20. The van der Waals surface area contributed by atoms with Gasteiger partial charge in [0.15, 0.2) is 5.75 Å². The molecule has 24 heavy (non-hydrogen) atoms. The molecule has 2 N–H and O–H groups in total. The Morgan fingerprint density at radius 2 is 1.75 bits per heavy atom. The number of aromatic nitrogens is 1. The van der Waals surface area contributed by atoms with Crippen LogP contribution >= 0.6 is 0 Å². The number of aryl methyl sites for hydroxylation is 1. The molecule has 0 aliphatic rings. The third-order valence-corrected chi connectivity index (χ3v) is 4.15. The highest BCUT2D eigenvalue weighted by Gasteiger charge is 2.18. The Kier molecular flexibility index (Phi) is 5.78. The quantitative estimate of drug-likeness (QED) is 0.435. The first-order valence-corrected chi connectivity index (χ1v) is 8.20. The fourth-order valence-corrected chi connectivity index (χ4v) is 2.80. The second kappa shape index (κ2) is 7.81. The highest BCUT2D eigenvalue weighted by molar-refractivity contribution is 5.89. The largest absolute Gasteiger partial charge is 0.504 e. The van der Waals surface area contributed by atoms with E-state index in [0.717, 1.165) is 32.1 Å². The highest BCUT2D eigenvalue weighted by atomic mass is 16.6. The molecule has 0 amide bonds. The lowest BCUT2D eigenvalue weighted by Gasteiger charge is -2.12. The molecular weight excluding hydrogens is 312 g/mol. The molecule has 0 radical (unpaired) electrons. The van der Waals surface area contributed by atoms with Crippen LogP contribution in [0.3, 0.4) is 0 Å². The van der Waals surface area contributed by atoms with Crippen molar-refractivity contribution in [2.45, 2.75) is 52.0 Å². The molecule has 0 unspecified atom stereocenters. The van der Waals surface area contributed by atoms with Crippen LogP contribution in [0.15, 0.2) is 23.0 Å². The van der Waals surface area contributed by atoms with Crippen molar-refractivity contribution in [1.82, 2.24) is 4.57 Å². The molecule has 0 spiro atoms. The Hall–Kier alpha value is -2.57. The normalized spacial score (nSPS) is 11.0. The van der Waals surface area contributed by atoms with Gasteiger partial charge in [0.05, 0.1) is 10.4 Å². The molecule has 2 rings (SSSR count). The topological polar surface area (TPSA) is 106 Å². The van der Waals surface area contributed by atoms with Crippen LogP contribution in [0, 0.1) is 10.1 Å². The minimum Gasteiger partial charge on any atom is -0.504 e. The fourth-order valence-electron chi connectivity index (χ4n) is 2.80. The van der Waals surface area contributed by atoms with Crippen LogP contribution in [0.5, 0.6) is 11.5 Å². The molecule has 7 heteroatoms. The summed E-state index contributed by atoms with van der Waals surface area (Å²) in [6, 6.07) is 3.84. The van der Waals surface area contributed by atoms with Crippen molar-refractivity contribution in [1.29, 1.82) is 0 Å². The van der Waals surface area contributed by atoms with Gasteiger partial charge in [-0.3, -0.25) is 14.9 Å². The van der Waals surface area contributed by atoms with Crippen LogP contribution in [-0.4, -0.2) is 19.7 Å². The van der Waals surface area contributed by atoms with Crippen molar-refractivity contribution in [2.75, 3.05) is 0 Å². The maximum absolute atomic E-state index is 12.2. The lowest BCUT2D eigenvalue weighted by molar-refractivity contribution is -0.384. The number of nitro benzene ring substituents is 1. The molecule has 0 bridgehead atoms. The third-order valence-electron chi connectivity index (χ3n) is 4.15. The number of benzene rings is 1. The van der Waals surface area contributed by atoms with Gasteiger partial charge in [0, 0.05) is 24.1 Å². The minimum absolute atomic E-state index is 0.163. The Bertz CT molecular complexity index is 798. The SMILES string of the molecule is CCCCCCCCn1c(=O)c(O)c(O)c2ccc([N+](=O)[O-])cc21. The van der Waals surface area contributed by atoms with E-state index in [4.69, 9.17) is 0 Å². The summed E-state index contributed by atoms with van der Waals surface area (Å²) in [4.78, 5) is 22.6. The summed E-state index contributed by atoms with van der Waals surface area (Å²) in [6.45, 7) is 2.48. The zero-order chi connectivity index (χ0) is 17.7. The van der Waals surface area contributed by atoms with E-state index in [9.17, 15) is 25.1 Å². The summed E-state index contributed by atoms with van der Waals surface area (Å²) in [7, 11) is 0. The van der Waals surface area contributed by atoms with Gasteiger partial charge < -0.3 is 14.8 Å². The van der Waals surface area contributed by atoms with E-state index < -0.39 is 22.0 Å². The van der Waals surface area contributed by atoms with Crippen LogP contribution in [0.1, 0.15) is 45.4 Å². The van der Waals surface area contributed by atoms with Gasteiger partial charge in [-0.2, -0.15) is 0 Å². The van der Waals surface area contributed by atoms with Crippen molar-refractivity contribution >= 4 is 16.6 Å². The van der Waals surface area contributed by atoms with Crippen molar-refractivity contribution in [3.63, 3.8) is 0 Å². The maximum Gasteiger partial charge on any atom is 0.297 e. The zero-order valence-corrected chi connectivity index (χ0v) is 13.7. The van der Waals surface area contributed by atoms with Crippen LogP contribution < -0.4 is 5.56 Å². The van der Waals surface area contributed by atoms with Crippen LogP contribution in [-0.2, 0) is 6.54 Å². The summed E-state index contributed by atoms with van der Waals surface area (Å²) in [5.41, 5.74) is -0.629. The van der Waals surface area contributed by atoms with Crippen molar-refractivity contribution in [3.8, 4) is 11.5 Å². The molecule has 0 saturated carbocycles. The van der Waals surface area contributed by atoms with Crippen LogP contribution in [0.4, 0.5) is 5.69 Å². The Morgan fingerprint density at radius 3 is 2.42 bits per heavy atom. The molecule has 1 heterocycles. The number of rotatable bonds is 8. The molecule has 1 aromatic carbocycles. The van der Waals surface area contributed by atoms with Gasteiger partial charge in [-0.05, 0) is 12.5 Å². The standard InChI is InChI=1S/C17H22N2O5/c1-2-3-4-5-6-7-10-18-14-11-12(19(23)24)8-9-13(14)15(20)16(21)17(18)22/h8-9,11,20-21H,2-7,10H2,1H3. The molecular formula is C17H22N2O5. The molecule has 0 atom stereocenters. The van der Waals surface area contributed by atoms with E-state index in [2.05, 4.69) is 6.92 Å². The average molecular weight is 334 g/mol. The average Bonchev–Trinajstić information content (AvgIpc) is 2.58. The number of aromatic hydroxyl groups is 2. The van der Waals surface area contributed by atoms with Gasteiger partial charge in [0.1, 0.15) is 0 Å². The van der Waals surface area contributed by atoms with Gasteiger partial charge in [0.25, 0.3) is 11.2 Å². The number of hydrogen-bond donors (Lipinski definition) is 2. The Labute approximate surface area is 139 Å². The van der Waals surface area contributed by atoms with Crippen LogP contribution in [0.25, 0.3) is 10.9 Å². The Balaban J connectivity index is 2.34. The van der Waals surface area contributed by atoms with E-state index in [1.807, 2.05) is 0 Å². The van der Waals surface area contributed by atoms with E-state index in [1.165, 1.54) is 29.2 Å². The first-order chi connectivity index (χ1) is 11.5. The first-order valence-electron chi connectivity index (χ1n) is 8.20. The number of nitrogens with zero attached hydrogens (tertiary/aromatic N) is 2. The molecule has 0 fully saturated rings. The number of fused-ring (bicyclic) bond motifs is 1. The third kappa shape index (κ3) is 3.67. The molecule has 130 valence electrons. The van der Waals surface area contributed by atoms with Gasteiger partial charge in [-0.25, -0.2) is 0 Å². The van der Waals surface area contributed by atoms with Crippen molar-refractivity contribution < 1.29 is 15.1 Å². The number of unbranched alkanes of at least 4 members (excludes halogenated alkanes) is 5. The van der Waals surface area contributed by atoms with Gasteiger partial charge in [-0.1, -0.05) is 39.0 Å². The molecule has 0 aliphatic carbocycles. The molecule has 0 saturated heterocycles. The lowest BCUT2D eigenvalue weighted by atomic mass is 10.1. The summed E-state index contributed by atoms with van der Waals surface area (Å²) in [5.74, 6) is -1.26. The minimum atomic E-state index is -0.728. The second-order valence-corrected chi connectivity index (χ2v) is 5.88. The molecule has 0 aliphatic heterocycles. The second-order valence-electron chi connectivity index (χ2n) is 5.88. The number of nitro groups is 1. The monoisotopic (exact) mass is 334 g/mol. The molecule has 2 aromatic rings. The Morgan fingerprint density at radius 1 is 1.08 bits per heavy atom.